The van der Waals surface area contributed by atoms with Crippen molar-refractivity contribution in [2.24, 2.45) is 0 Å². The van der Waals surface area contributed by atoms with Crippen molar-refractivity contribution in [2.45, 2.75) is 50.9 Å². The Morgan fingerprint density at radius 3 is 1.66 bits per heavy atom. The number of ether oxygens (including phenoxy) is 2. The summed E-state index contributed by atoms with van der Waals surface area (Å²) in [5.41, 5.74) is 0. The Balaban J connectivity index is 1.70. The van der Waals surface area contributed by atoms with Gasteiger partial charge in [0.25, 0.3) is 0 Å². The fraction of sp³-hybridized carbons (Fsp3) is 0.310. The summed E-state index contributed by atoms with van der Waals surface area (Å²) in [6.45, 7) is 2.86. The zero-order valence-corrected chi connectivity index (χ0v) is 21.7. The van der Waals surface area contributed by atoms with Gasteiger partial charge in [0.05, 0.1) is 0 Å². The molecule has 5 rings (SSSR count). The van der Waals surface area contributed by atoms with E-state index < -0.39 is 18.4 Å². The van der Waals surface area contributed by atoms with Crippen LogP contribution in [-0.2, 0) is 9.47 Å². The summed E-state index contributed by atoms with van der Waals surface area (Å²) in [5, 5.41) is 0. The second-order valence-electron chi connectivity index (χ2n) is 8.98. The molecule has 1 spiro atoms. The Kier molecular flexibility index (Phi) is 6.54. The van der Waals surface area contributed by atoms with E-state index in [1.807, 2.05) is 0 Å². The van der Waals surface area contributed by atoms with Gasteiger partial charge in [-0.1, -0.05) is 0 Å². The number of rotatable bonds is 5. The van der Waals surface area contributed by atoms with E-state index in [0.717, 1.165) is 12.8 Å². The summed E-state index contributed by atoms with van der Waals surface area (Å²) in [5.74, 6) is -0.376. The van der Waals surface area contributed by atoms with Crippen molar-refractivity contribution in [3.8, 4) is 0 Å². The van der Waals surface area contributed by atoms with Crippen LogP contribution in [0.15, 0.2) is 101 Å². The van der Waals surface area contributed by atoms with Crippen LogP contribution in [0.4, 0.5) is 0 Å². The minimum atomic E-state index is -3.61. The van der Waals surface area contributed by atoms with E-state index in [4.69, 9.17) is 9.47 Å². The predicted molar refractivity (Wildman–Crippen MR) is 134 cm³/mol. The van der Waals surface area contributed by atoms with E-state index in [1.54, 1.807) is 0 Å². The molecule has 1 atom stereocenters. The number of benzene rings is 3. The second-order valence-corrected chi connectivity index (χ2v) is 19.9. The SMILES string of the molecule is C/C=[C](/[C@H]1COC2(CCCCC2)O1)[Sn]([c]1ccccc1)([c]1ccccc1)[c]1ccccc1. The van der Waals surface area contributed by atoms with Crippen molar-refractivity contribution in [1.29, 1.82) is 0 Å². The van der Waals surface area contributed by atoms with Crippen LogP contribution in [0.25, 0.3) is 0 Å². The van der Waals surface area contributed by atoms with E-state index in [0.29, 0.717) is 6.61 Å². The van der Waals surface area contributed by atoms with Crippen molar-refractivity contribution >= 4 is 29.1 Å². The quantitative estimate of drug-likeness (QED) is 0.444. The van der Waals surface area contributed by atoms with Crippen LogP contribution >= 0.6 is 0 Å². The zero-order valence-electron chi connectivity index (χ0n) is 18.9. The van der Waals surface area contributed by atoms with Crippen molar-refractivity contribution < 1.29 is 9.47 Å². The van der Waals surface area contributed by atoms with Gasteiger partial charge >= 0.3 is 197 Å². The predicted octanol–water partition coefficient (Wildman–Crippen LogP) is 4.72. The molecule has 1 aliphatic heterocycles. The van der Waals surface area contributed by atoms with E-state index in [1.165, 1.54) is 33.6 Å². The van der Waals surface area contributed by atoms with Crippen molar-refractivity contribution in [3.05, 3.63) is 101 Å². The minimum absolute atomic E-state index is 0.00881. The molecular formula is C29H32O2Sn. The molecule has 2 fully saturated rings. The molecule has 1 heterocycles. The number of allylic oxidation sites excluding steroid dienone is 1. The van der Waals surface area contributed by atoms with Gasteiger partial charge in [-0.15, -0.1) is 0 Å². The van der Waals surface area contributed by atoms with E-state index >= 15 is 0 Å². The van der Waals surface area contributed by atoms with Crippen molar-refractivity contribution in [2.75, 3.05) is 6.61 Å². The molecule has 0 unspecified atom stereocenters. The molecule has 0 aromatic heterocycles. The van der Waals surface area contributed by atoms with Crippen LogP contribution in [0.1, 0.15) is 39.0 Å². The van der Waals surface area contributed by atoms with Gasteiger partial charge in [0.2, 0.25) is 0 Å². The fourth-order valence-corrected chi connectivity index (χ4v) is 20.4. The third-order valence-electron chi connectivity index (χ3n) is 7.18. The Morgan fingerprint density at radius 1 is 0.750 bits per heavy atom. The maximum absolute atomic E-state index is 6.88. The summed E-state index contributed by atoms with van der Waals surface area (Å²) in [6, 6.07) is 33.5. The molecule has 32 heavy (non-hydrogen) atoms. The first-order valence-corrected chi connectivity index (χ1v) is 17.6. The van der Waals surface area contributed by atoms with Crippen LogP contribution in [-0.4, -0.2) is 36.9 Å². The van der Waals surface area contributed by atoms with Crippen LogP contribution in [0.5, 0.6) is 0 Å². The summed E-state index contributed by atoms with van der Waals surface area (Å²) in [6.07, 6.45) is 8.09. The average Bonchev–Trinajstić information content (AvgIpc) is 3.27. The Bertz CT molecular complexity index is 944. The first kappa shape index (κ1) is 21.9. The zero-order chi connectivity index (χ0) is 21.9. The van der Waals surface area contributed by atoms with Crippen molar-refractivity contribution in [3.63, 3.8) is 0 Å². The molecule has 2 nitrogen and oxygen atoms in total. The first-order valence-electron chi connectivity index (χ1n) is 11.9. The van der Waals surface area contributed by atoms with Gasteiger partial charge in [-0.2, -0.15) is 0 Å². The molecule has 0 amide bonds. The molecule has 3 aromatic carbocycles. The Hall–Kier alpha value is -1.88. The summed E-state index contributed by atoms with van der Waals surface area (Å²) < 4.78 is 19.2. The molecule has 1 saturated carbocycles. The molecule has 3 aromatic rings. The van der Waals surface area contributed by atoms with E-state index in [9.17, 15) is 0 Å². The topological polar surface area (TPSA) is 18.5 Å². The molecular weight excluding hydrogens is 499 g/mol. The van der Waals surface area contributed by atoms with Crippen LogP contribution < -0.4 is 10.7 Å². The number of hydrogen-bond acceptors (Lipinski definition) is 2. The molecule has 0 radical (unpaired) electrons. The molecule has 0 N–H and O–H groups in total. The Labute approximate surface area is 196 Å². The van der Waals surface area contributed by atoms with Gasteiger partial charge in [0.15, 0.2) is 0 Å². The normalized spacial score (nSPS) is 21.0. The summed E-state index contributed by atoms with van der Waals surface area (Å²) in [4.78, 5) is 0. The molecule has 3 heteroatoms. The van der Waals surface area contributed by atoms with Gasteiger partial charge in [-0.3, -0.25) is 0 Å². The van der Waals surface area contributed by atoms with Gasteiger partial charge < -0.3 is 0 Å². The van der Waals surface area contributed by atoms with Crippen LogP contribution in [0.2, 0.25) is 0 Å². The molecule has 0 bridgehead atoms. The van der Waals surface area contributed by atoms with Gasteiger partial charge in [-0.05, 0) is 0 Å². The van der Waals surface area contributed by atoms with Crippen LogP contribution in [0, 0.1) is 0 Å². The van der Waals surface area contributed by atoms with Gasteiger partial charge in [-0.25, -0.2) is 0 Å². The molecule has 2 aliphatic rings. The Morgan fingerprint density at radius 2 is 1.22 bits per heavy atom. The fourth-order valence-electron chi connectivity index (χ4n) is 5.77. The monoisotopic (exact) mass is 532 g/mol. The second kappa shape index (κ2) is 9.54. The van der Waals surface area contributed by atoms with Gasteiger partial charge in [0, 0.05) is 0 Å². The van der Waals surface area contributed by atoms with E-state index in [-0.39, 0.29) is 11.9 Å². The summed E-state index contributed by atoms with van der Waals surface area (Å²) >= 11 is -3.61. The average molecular weight is 531 g/mol. The molecule has 1 saturated heterocycles. The standard InChI is InChI=1S/C11H17O2.3C6H5.Sn/c1-2-6-10-9-12-11(13-10)7-4-3-5-8-11;3*1-2-4-6-5-3-1;/h2,10H,3-5,7-9H2,1H3;3*1-5H;/t10-;;;;/m0..../s1. The third-order valence-corrected chi connectivity index (χ3v) is 21.7. The first-order chi connectivity index (χ1) is 15.8. The third kappa shape index (κ3) is 3.87. The molecule has 1 aliphatic carbocycles. The van der Waals surface area contributed by atoms with Crippen LogP contribution in [0.3, 0.4) is 0 Å². The van der Waals surface area contributed by atoms with E-state index in [2.05, 4.69) is 104 Å². The molecule has 164 valence electrons. The summed E-state index contributed by atoms with van der Waals surface area (Å²) in [7, 11) is 0. The van der Waals surface area contributed by atoms with Gasteiger partial charge in [0.1, 0.15) is 0 Å². The number of hydrogen-bond donors (Lipinski definition) is 0. The maximum atomic E-state index is 6.88. The van der Waals surface area contributed by atoms with Crippen molar-refractivity contribution in [1.82, 2.24) is 0 Å².